The van der Waals surface area contributed by atoms with Gasteiger partial charge in [-0.25, -0.2) is 9.97 Å². The maximum absolute atomic E-state index is 6.16. The van der Waals surface area contributed by atoms with Crippen molar-refractivity contribution in [1.82, 2.24) is 9.97 Å². The molecule has 0 aliphatic heterocycles. The molecule has 17 heavy (non-hydrogen) atoms. The van der Waals surface area contributed by atoms with Gasteiger partial charge in [0.1, 0.15) is 5.15 Å². The Morgan fingerprint density at radius 2 is 1.94 bits per heavy atom. The van der Waals surface area contributed by atoms with Crippen LogP contribution >= 0.6 is 11.6 Å². The fourth-order valence-corrected chi connectivity index (χ4v) is 1.89. The van der Waals surface area contributed by atoms with Gasteiger partial charge in [0.25, 0.3) is 0 Å². The summed E-state index contributed by atoms with van der Waals surface area (Å²) in [5.74, 6) is 0.661. The number of benzene rings is 1. The Morgan fingerprint density at radius 3 is 2.65 bits per heavy atom. The molecule has 0 radical (unpaired) electrons. The van der Waals surface area contributed by atoms with Crippen LogP contribution in [-0.2, 0) is 0 Å². The quantitative estimate of drug-likeness (QED) is 0.583. The molecular weight excluding hydrogens is 232 g/mol. The molecule has 0 fully saturated rings. The third kappa shape index (κ3) is 2.37. The molecule has 0 spiro atoms. The van der Waals surface area contributed by atoms with Crippen LogP contribution in [0.25, 0.3) is 16.5 Å². The number of allylic oxidation sites excluding steroid dienone is 4. The van der Waals surface area contributed by atoms with Gasteiger partial charge >= 0.3 is 0 Å². The van der Waals surface area contributed by atoms with Crippen LogP contribution in [0, 0.1) is 0 Å². The first-order valence-electron chi connectivity index (χ1n) is 5.48. The number of halogens is 1. The molecule has 0 amide bonds. The summed E-state index contributed by atoms with van der Waals surface area (Å²) in [6.45, 7) is 3.92. The van der Waals surface area contributed by atoms with Crippen LogP contribution in [-0.4, -0.2) is 9.97 Å². The van der Waals surface area contributed by atoms with Gasteiger partial charge in [0.15, 0.2) is 5.82 Å². The Hall–Kier alpha value is -1.67. The Bertz CT molecular complexity index is 600. The van der Waals surface area contributed by atoms with Gasteiger partial charge in [-0.05, 0) is 26.0 Å². The van der Waals surface area contributed by atoms with Crippen molar-refractivity contribution in [1.29, 1.82) is 0 Å². The largest absolute Gasteiger partial charge is 0.228 e. The molecule has 1 aromatic carbocycles. The molecule has 0 saturated heterocycles. The Balaban J connectivity index is 2.65. The number of nitrogens with zero attached hydrogens (tertiary/aromatic N) is 2. The monoisotopic (exact) mass is 244 g/mol. The SMILES string of the molecule is C/C=C\C(=C/C)c1nc(Cl)c2ccccc2n1. The van der Waals surface area contributed by atoms with E-state index in [1.807, 2.05) is 56.3 Å². The minimum Gasteiger partial charge on any atom is -0.228 e. The second-order valence-electron chi connectivity index (χ2n) is 3.60. The summed E-state index contributed by atoms with van der Waals surface area (Å²) in [7, 11) is 0. The molecule has 0 aliphatic carbocycles. The number of fused-ring (bicyclic) bond motifs is 1. The van der Waals surface area contributed by atoms with Crippen LogP contribution in [0.15, 0.2) is 42.5 Å². The summed E-state index contributed by atoms with van der Waals surface area (Å²) in [5.41, 5.74) is 1.84. The number of hydrogen-bond acceptors (Lipinski definition) is 2. The van der Waals surface area contributed by atoms with Gasteiger partial charge < -0.3 is 0 Å². The highest BCUT2D eigenvalue weighted by atomic mass is 35.5. The van der Waals surface area contributed by atoms with E-state index >= 15 is 0 Å². The van der Waals surface area contributed by atoms with Crippen molar-refractivity contribution in [2.24, 2.45) is 0 Å². The average molecular weight is 245 g/mol. The highest BCUT2D eigenvalue weighted by Crippen LogP contribution is 2.22. The van der Waals surface area contributed by atoms with Crippen molar-refractivity contribution in [2.45, 2.75) is 13.8 Å². The summed E-state index contributed by atoms with van der Waals surface area (Å²) in [5, 5.41) is 1.38. The lowest BCUT2D eigenvalue weighted by Crippen LogP contribution is -1.94. The average Bonchev–Trinajstić information content (AvgIpc) is 2.36. The molecule has 2 rings (SSSR count). The normalized spacial score (nSPS) is 12.5. The van der Waals surface area contributed by atoms with Gasteiger partial charge in [0.05, 0.1) is 5.52 Å². The Kier molecular flexibility index (Phi) is 3.55. The summed E-state index contributed by atoms with van der Waals surface area (Å²) in [6, 6.07) is 7.74. The van der Waals surface area contributed by atoms with Crippen LogP contribution in [0.4, 0.5) is 0 Å². The molecule has 0 atom stereocenters. The van der Waals surface area contributed by atoms with Gasteiger partial charge in [-0.15, -0.1) is 0 Å². The molecule has 86 valence electrons. The predicted molar refractivity (Wildman–Crippen MR) is 73.0 cm³/mol. The van der Waals surface area contributed by atoms with Gasteiger partial charge in [0, 0.05) is 11.0 Å². The lowest BCUT2D eigenvalue weighted by atomic mass is 10.2. The number of rotatable bonds is 2. The van der Waals surface area contributed by atoms with E-state index < -0.39 is 0 Å². The first kappa shape index (κ1) is 11.8. The molecule has 3 heteroatoms. The standard InChI is InChI=1S/C14H13ClN2/c1-3-7-10(4-2)14-16-12-9-6-5-8-11(12)13(15)17-14/h3-9H,1-2H3/b7-3-,10-4+. The zero-order valence-corrected chi connectivity index (χ0v) is 10.6. The van der Waals surface area contributed by atoms with Gasteiger partial charge in [-0.1, -0.05) is 42.0 Å². The van der Waals surface area contributed by atoms with Crippen molar-refractivity contribution >= 4 is 28.1 Å². The lowest BCUT2D eigenvalue weighted by Gasteiger charge is -2.04. The van der Waals surface area contributed by atoms with Crippen molar-refractivity contribution in [3.8, 4) is 0 Å². The van der Waals surface area contributed by atoms with E-state index in [2.05, 4.69) is 9.97 Å². The fraction of sp³-hybridized carbons (Fsp3) is 0.143. The van der Waals surface area contributed by atoms with Crippen LogP contribution in [0.2, 0.25) is 5.15 Å². The van der Waals surface area contributed by atoms with Crippen LogP contribution in [0.1, 0.15) is 19.7 Å². The highest BCUT2D eigenvalue weighted by Gasteiger charge is 2.06. The number of hydrogen-bond donors (Lipinski definition) is 0. The second-order valence-corrected chi connectivity index (χ2v) is 3.96. The van der Waals surface area contributed by atoms with E-state index in [-0.39, 0.29) is 0 Å². The molecule has 0 bridgehead atoms. The zero-order valence-electron chi connectivity index (χ0n) is 9.81. The molecule has 0 saturated carbocycles. The third-order valence-corrected chi connectivity index (χ3v) is 2.76. The third-order valence-electron chi connectivity index (χ3n) is 2.47. The van der Waals surface area contributed by atoms with E-state index in [0.717, 1.165) is 16.5 Å². The molecule has 1 aromatic heterocycles. The molecule has 1 heterocycles. The lowest BCUT2D eigenvalue weighted by molar-refractivity contribution is 1.17. The fourth-order valence-electron chi connectivity index (χ4n) is 1.65. The second kappa shape index (κ2) is 5.11. The molecular formula is C14H13ClN2. The van der Waals surface area contributed by atoms with E-state index in [0.29, 0.717) is 11.0 Å². The van der Waals surface area contributed by atoms with Crippen molar-refractivity contribution < 1.29 is 0 Å². The Morgan fingerprint density at radius 1 is 1.18 bits per heavy atom. The topological polar surface area (TPSA) is 25.8 Å². The van der Waals surface area contributed by atoms with E-state index in [9.17, 15) is 0 Å². The van der Waals surface area contributed by atoms with Crippen LogP contribution < -0.4 is 0 Å². The molecule has 2 nitrogen and oxygen atoms in total. The summed E-state index contributed by atoms with van der Waals surface area (Å²) in [4.78, 5) is 8.84. The zero-order chi connectivity index (χ0) is 12.3. The van der Waals surface area contributed by atoms with Crippen LogP contribution in [0.3, 0.4) is 0 Å². The first-order chi connectivity index (χ1) is 8.26. The first-order valence-corrected chi connectivity index (χ1v) is 5.85. The molecule has 0 N–H and O–H groups in total. The summed E-state index contributed by atoms with van der Waals surface area (Å²) >= 11 is 6.16. The minimum atomic E-state index is 0.495. The summed E-state index contributed by atoms with van der Waals surface area (Å²) < 4.78 is 0. The molecule has 0 aliphatic rings. The number of para-hydroxylation sites is 1. The van der Waals surface area contributed by atoms with Crippen molar-refractivity contribution in [3.63, 3.8) is 0 Å². The van der Waals surface area contributed by atoms with Crippen LogP contribution in [0.5, 0.6) is 0 Å². The Labute approximate surface area is 106 Å². The smallest absolute Gasteiger partial charge is 0.161 e. The van der Waals surface area contributed by atoms with E-state index in [4.69, 9.17) is 11.6 Å². The van der Waals surface area contributed by atoms with Gasteiger partial charge in [0.2, 0.25) is 0 Å². The van der Waals surface area contributed by atoms with Gasteiger partial charge in [-0.3, -0.25) is 0 Å². The van der Waals surface area contributed by atoms with E-state index in [1.165, 1.54) is 0 Å². The predicted octanol–water partition coefficient (Wildman–Crippen LogP) is 4.26. The maximum atomic E-state index is 6.16. The van der Waals surface area contributed by atoms with Crippen molar-refractivity contribution in [3.05, 3.63) is 53.5 Å². The van der Waals surface area contributed by atoms with Gasteiger partial charge in [-0.2, -0.15) is 0 Å². The van der Waals surface area contributed by atoms with E-state index in [1.54, 1.807) is 0 Å². The summed E-state index contributed by atoms with van der Waals surface area (Å²) in [6.07, 6.45) is 5.91. The minimum absolute atomic E-state index is 0.495. The maximum Gasteiger partial charge on any atom is 0.161 e. The molecule has 0 unspecified atom stereocenters. The molecule has 2 aromatic rings. The highest BCUT2D eigenvalue weighted by molar-refractivity contribution is 6.34. The number of aromatic nitrogens is 2. The van der Waals surface area contributed by atoms with Crippen molar-refractivity contribution in [2.75, 3.05) is 0 Å².